The second-order valence-electron chi connectivity index (χ2n) is 6.36. The average Bonchev–Trinajstić information content (AvgIpc) is 2.69. The molecule has 0 heterocycles. The Balaban J connectivity index is 1.90. The van der Waals surface area contributed by atoms with E-state index in [9.17, 15) is 27.2 Å². The number of hydrogen-bond acceptors (Lipinski definition) is 4. The van der Waals surface area contributed by atoms with Crippen LogP contribution in [0.25, 0.3) is 10.4 Å². The molecule has 8 nitrogen and oxygen atoms in total. The number of benzene rings is 1. The highest BCUT2D eigenvalue weighted by atomic mass is 19.2. The Morgan fingerprint density at radius 3 is 2.40 bits per heavy atom. The summed E-state index contributed by atoms with van der Waals surface area (Å²) in [5.41, 5.74) is 5.17. The summed E-state index contributed by atoms with van der Waals surface area (Å²) in [7, 11) is 0. The molecule has 30 heavy (non-hydrogen) atoms. The van der Waals surface area contributed by atoms with Crippen molar-refractivity contribution in [1.29, 1.82) is 0 Å². The highest BCUT2D eigenvalue weighted by Crippen LogP contribution is 2.30. The molecule has 2 amide bonds. The zero-order valence-corrected chi connectivity index (χ0v) is 15.8. The third-order valence-electron chi connectivity index (χ3n) is 4.26. The smallest absolute Gasteiger partial charge is 0.407 e. The van der Waals surface area contributed by atoms with E-state index in [1.807, 2.05) is 11.4 Å². The van der Waals surface area contributed by atoms with Gasteiger partial charge in [0.25, 0.3) is 5.91 Å². The van der Waals surface area contributed by atoms with Gasteiger partial charge in [0, 0.05) is 18.0 Å². The number of nitrogens with one attached hydrogen (secondary N) is 2. The molecule has 1 aromatic carbocycles. The molecule has 1 aromatic rings. The standard InChI is InChI=1S/C18H19F4N5O3/c19-12-11(13(20)15(22)16(14(12)21)26-27-23)17(28)24-8-9-25-18(29)30-10-6-4-2-1-3-5-7-10/h4,6,10H,1-3,5,7-9H2,(H,24,28)(H,25,29)/b6-4+. The maximum absolute atomic E-state index is 13.9. The van der Waals surface area contributed by atoms with Crippen molar-refractivity contribution in [3.63, 3.8) is 0 Å². The normalized spacial score (nSPS) is 17.1. The van der Waals surface area contributed by atoms with Crippen LogP contribution in [0.3, 0.4) is 0 Å². The maximum Gasteiger partial charge on any atom is 0.407 e. The van der Waals surface area contributed by atoms with Crippen molar-refractivity contribution >= 4 is 17.7 Å². The van der Waals surface area contributed by atoms with Crippen molar-refractivity contribution in [3.8, 4) is 0 Å². The molecule has 162 valence electrons. The fourth-order valence-corrected chi connectivity index (χ4v) is 2.79. The molecule has 0 fully saturated rings. The van der Waals surface area contributed by atoms with E-state index in [1.165, 1.54) is 0 Å². The number of ether oxygens (including phenoxy) is 1. The quantitative estimate of drug-likeness (QED) is 0.132. The molecule has 0 saturated heterocycles. The van der Waals surface area contributed by atoms with Gasteiger partial charge in [0.05, 0.1) is 0 Å². The third-order valence-corrected chi connectivity index (χ3v) is 4.26. The van der Waals surface area contributed by atoms with Crippen molar-refractivity contribution in [2.45, 2.75) is 38.2 Å². The van der Waals surface area contributed by atoms with Gasteiger partial charge in [-0.2, -0.15) is 0 Å². The zero-order valence-electron chi connectivity index (χ0n) is 15.8. The van der Waals surface area contributed by atoms with Crippen LogP contribution < -0.4 is 10.6 Å². The lowest BCUT2D eigenvalue weighted by Gasteiger charge is -2.16. The SMILES string of the molecule is [N-]=[N+]=Nc1c(F)c(F)c(C(=O)NCCNC(=O)OC2/C=C/CCCCC2)c(F)c1F. The van der Waals surface area contributed by atoms with Crippen LogP contribution in [0.15, 0.2) is 17.3 Å². The largest absolute Gasteiger partial charge is 0.442 e. The van der Waals surface area contributed by atoms with E-state index in [0.29, 0.717) is 6.42 Å². The first-order valence-electron chi connectivity index (χ1n) is 9.17. The number of halogens is 4. The fraction of sp³-hybridized carbons (Fsp3) is 0.444. The van der Waals surface area contributed by atoms with Crippen LogP contribution in [-0.4, -0.2) is 31.2 Å². The molecule has 1 aliphatic rings. The lowest BCUT2D eigenvalue weighted by Crippen LogP contribution is -2.37. The second kappa shape index (κ2) is 11.1. The molecule has 2 rings (SSSR count). The van der Waals surface area contributed by atoms with Gasteiger partial charge in [-0.3, -0.25) is 4.79 Å². The lowest BCUT2D eigenvalue weighted by atomic mass is 10.0. The van der Waals surface area contributed by atoms with Gasteiger partial charge in [0.2, 0.25) is 0 Å². The van der Waals surface area contributed by atoms with Gasteiger partial charge in [-0.05, 0) is 37.3 Å². The van der Waals surface area contributed by atoms with E-state index in [1.54, 1.807) is 6.08 Å². The number of rotatable bonds is 6. The monoisotopic (exact) mass is 429 g/mol. The van der Waals surface area contributed by atoms with E-state index in [-0.39, 0.29) is 19.2 Å². The average molecular weight is 429 g/mol. The Hall–Kier alpha value is -3.27. The molecule has 0 bridgehead atoms. The lowest BCUT2D eigenvalue weighted by molar-refractivity contribution is 0.0937. The first-order valence-corrected chi connectivity index (χ1v) is 9.17. The molecule has 0 aliphatic heterocycles. The highest BCUT2D eigenvalue weighted by molar-refractivity contribution is 5.95. The minimum absolute atomic E-state index is 0.161. The number of alkyl carbamates (subject to hydrolysis) is 1. The van der Waals surface area contributed by atoms with E-state index >= 15 is 0 Å². The van der Waals surface area contributed by atoms with Crippen LogP contribution >= 0.6 is 0 Å². The van der Waals surface area contributed by atoms with Crippen molar-refractivity contribution in [2.75, 3.05) is 13.1 Å². The summed E-state index contributed by atoms with van der Waals surface area (Å²) in [5, 5.41) is 6.91. The second-order valence-corrected chi connectivity index (χ2v) is 6.36. The molecule has 0 radical (unpaired) electrons. The van der Waals surface area contributed by atoms with E-state index < -0.39 is 46.5 Å². The Morgan fingerprint density at radius 2 is 1.73 bits per heavy atom. The third kappa shape index (κ3) is 5.86. The minimum atomic E-state index is -2.00. The first-order chi connectivity index (χ1) is 14.4. The predicted octanol–water partition coefficient (Wildman–Crippen LogP) is 4.53. The molecule has 0 spiro atoms. The molecule has 1 atom stereocenters. The summed E-state index contributed by atoms with van der Waals surface area (Å²) in [6.07, 6.45) is 7.25. The van der Waals surface area contributed by atoms with Crippen LogP contribution in [0.5, 0.6) is 0 Å². The number of carbonyl (C=O) groups excluding carboxylic acids is 2. The number of allylic oxidation sites excluding steroid dienone is 1. The van der Waals surface area contributed by atoms with E-state index in [4.69, 9.17) is 10.3 Å². The summed E-state index contributed by atoms with van der Waals surface area (Å²) in [6, 6.07) is 0. The van der Waals surface area contributed by atoms with Gasteiger partial charge in [-0.15, -0.1) is 0 Å². The molecule has 1 aliphatic carbocycles. The van der Waals surface area contributed by atoms with Gasteiger partial charge in [-0.1, -0.05) is 17.6 Å². The Labute approximate surface area is 168 Å². The number of nitrogens with zero attached hydrogens (tertiary/aromatic N) is 3. The zero-order chi connectivity index (χ0) is 22.1. The number of hydrogen-bond donors (Lipinski definition) is 2. The number of azide groups is 1. The van der Waals surface area contributed by atoms with Gasteiger partial charge in [0.1, 0.15) is 17.4 Å². The van der Waals surface area contributed by atoms with Crippen LogP contribution in [0, 0.1) is 23.3 Å². The van der Waals surface area contributed by atoms with Gasteiger partial charge < -0.3 is 15.4 Å². The van der Waals surface area contributed by atoms with E-state index in [2.05, 4.69) is 15.3 Å². The molecular formula is C18H19F4N5O3. The summed E-state index contributed by atoms with van der Waals surface area (Å²) < 4.78 is 60.5. The summed E-state index contributed by atoms with van der Waals surface area (Å²) in [6.45, 7) is -0.458. The van der Waals surface area contributed by atoms with Gasteiger partial charge in [0.15, 0.2) is 23.3 Å². The fourth-order valence-electron chi connectivity index (χ4n) is 2.79. The van der Waals surface area contributed by atoms with Crippen molar-refractivity contribution in [2.24, 2.45) is 5.11 Å². The molecule has 1 unspecified atom stereocenters. The number of amides is 2. The highest BCUT2D eigenvalue weighted by Gasteiger charge is 2.28. The van der Waals surface area contributed by atoms with Gasteiger partial charge in [-0.25, -0.2) is 22.4 Å². The van der Waals surface area contributed by atoms with Crippen LogP contribution in [-0.2, 0) is 4.74 Å². The van der Waals surface area contributed by atoms with E-state index in [0.717, 1.165) is 25.7 Å². The van der Waals surface area contributed by atoms with Crippen molar-refractivity contribution in [1.82, 2.24) is 10.6 Å². The molecular weight excluding hydrogens is 410 g/mol. The number of carbonyl (C=O) groups is 2. The predicted molar refractivity (Wildman–Crippen MR) is 97.9 cm³/mol. The Kier molecular flexibility index (Phi) is 8.48. The minimum Gasteiger partial charge on any atom is -0.442 e. The summed E-state index contributed by atoms with van der Waals surface area (Å²) >= 11 is 0. The van der Waals surface area contributed by atoms with Gasteiger partial charge >= 0.3 is 6.09 Å². The van der Waals surface area contributed by atoms with Crippen LogP contribution in [0.4, 0.5) is 28.0 Å². The Bertz CT molecular complexity index is 858. The maximum atomic E-state index is 13.9. The summed E-state index contributed by atoms with van der Waals surface area (Å²) in [4.78, 5) is 25.8. The van der Waals surface area contributed by atoms with Crippen LogP contribution in [0.1, 0.15) is 42.5 Å². The molecule has 12 heteroatoms. The Morgan fingerprint density at radius 1 is 1.07 bits per heavy atom. The first kappa shape index (κ1) is 23.0. The van der Waals surface area contributed by atoms with Crippen molar-refractivity contribution in [3.05, 3.63) is 51.4 Å². The molecule has 0 saturated carbocycles. The van der Waals surface area contributed by atoms with Crippen molar-refractivity contribution < 1.29 is 31.9 Å². The molecule has 2 N–H and O–H groups in total. The summed E-state index contributed by atoms with van der Waals surface area (Å²) in [5.74, 6) is -9.44. The molecule has 0 aromatic heterocycles. The topological polar surface area (TPSA) is 116 Å². The van der Waals surface area contributed by atoms with Crippen LogP contribution in [0.2, 0.25) is 0 Å².